The van der Waals surface area contributed by atoms with Gasteiger partial charge >= 0.3 is 0 Å². The minimum atomic E-state index is -0.0151. The van der Waals surface area contributed by atoms with Crippen LogP contribution in [0.5, 0.6) is 0 Å². The van der Waals surface area contributed by atoms with Crippen molar-refractivity contribution in [3.63, 3.8) is 0 Å². The fourth-order valence-electron chi connectivity index (χ4n) is 2.66. The summed E-state index contributed by atoms with van der Waals surface area (Å²) in [5, 5.41) is 7.41. The summed E-state index contributed by atoms with van der Waals surface area (Å²) in [5.74, 6) is 0.621. The highest BCUT2D eigenvalue weighted by atomic mass is 16.5. The number of carbonyl (C=O) groups excluding carboxylic acids is 1. The number of anilines is 2. The Morgan fingerprint density at radius 2 is 2.00 bits per heavy atom. The van der Waals surface area contributed by atoms with Crippen LogP contribution in [0.3, 0.4) is 0 Å². The van der Waals surface area contributed by atoms with Gasteiger partial charge in [-0.15, -0.1) is 0 Å². The average Bonchev–Trinajstić information content (AvgIpc) is 3.08. The van der Waals surface area contributed by atoms with Gasteiger partial charge in [0.1, 0.15) is 11.8 Å². The van der Waals surface area contributed by atoms with Crippen molar-refractivity contribution in [3.8, 4) is 0 Å². The van der Waals surface area contributed by atoms with E-state index in [1.807, 2.05) is 12.1 Å². The third kappa shape index (κ3) is 2.79. The average molecular weight is 324 g/mol. The van der Waals surface area contributed by atoms with E-state index in [0.717, 1.165) is 11.2 Å². The van der Waals surface area contributed by atoms with E-state index >= 15 is 0 Å². The zero-order chi connectivity index (χ0) is 16.4. The van der Waals surface area contributed by atoms with Gasteiger partial charge in [0.15, 0.2) is 5.82 Å². The Hall–Kier alpha value is -3.00. The molecule has 4 rings (SSSR count). The lowest BCUT2D eigenvalue weighted by Gasteiger charge is -2.26. The van der Waals surface area contributed by atoms with Gasteiger partial charge in [-0.05, 0) is 18.2 Å². The van der Waals surface area contributed by atoms with Crippen LogP contribution in [-0.4, -0.2) is 56.7 Å². The lowest BCUT2D eigenvalue weighted by atomic mass is 10.2. The van der Waals surface area contributed by atoms with E-state index in [9.17, 15) is 4.79 Å². The minimum Gasteiger partial charge on any atom is -0.378 e. The largest absolute Gasteiger partial charge is 0.378 e. The van der Waals surface area contributed by atoms with Crippen molar-refractivity contribution >= 4 is 22.9 Å². The molecule has 1 amide bonds. The number of ether oxygens (including phenoxy) is 1. The molecule has 0 spiro atoms. The molecular weight excluding hydrogens is 308 g/mol. The number of hydrogen-bond acceptors (Lipinski definition) is 6. The van der Waals surface area contributed by atoms with Crippen LogP contribution < -0.4 is 5.32 Å². The van der Waals surface area contributed by atoms with Crippen molar-refractivity contribution < 1.29 is 9.53 Å². The zero-order valence-corrected chi connectivity index (χ0v) is 12.9. The summed E-state index contributed by atoms with van der Waals surface area (Å²) < 4.78 is 6.95. The van der Waals surface area contributed by atoms with Crippen LogP contribution in [0, 0.1) is 0 Å². The van der Waals surface area contributed by atoms with Gasteiger partial charge in [-0.2, -0.15) is 5.10 Å². The molecule has 0 unspecified atom stereocenters. The number of hydrogen-bond donors (Lipinski definition) is 1. The molecule has 1 aliphatic heterocycles. The molecule has 8 heteroatoms. The van der Waals surface area contributed by atoms with E-state index in [2.05, 4.69) is 20.4 Å². The standard InChI is InChI=1S/C16H16N6O2/c23-16(21-5-7-24-8-6-21)12-9-14-15(18-11-19-22(14)10-12)20-13-1-3-17-4-2-13/h1-4,9-11H,5-8H2,(H,17,18,19,20). The van der Waals surface area contributed by atoms with Crippen LogP contribution in [0.15, 0.2) is 43.1 Å². The first-order valence-corrected chi connectivity index (χ1v) is 7.69. The first-order valence-electron chi connectivity index (χ1n) is 7.69. The Morgan fingerprint density at radius 1 is 1.21 bits per heavy atom. The molecule has 0 aromatic carbocycles. The lowest BCUT2D eigenvalue weighted by Crippen LogP contribution is -2.40. The molecule has 4 heterocycles. The highest BCUT2D eigenvalue weighted by Gasteiger charge is 2.20. The van der Waals surface area contributed by atoms with E-state index < -0.39 is 0 Å². The van der Waals surface area contributed by atoms with E-state index in [4.69, 9.17) is 4.74 Å². The van der Waals surface area contributed by atoms with Gasteiger partial charge in [0, 0.05) is 37.4 Å². The van der Waals surface area contributed by atoms with Crippen LogP contribution in [0.4, 0.5) is 11.5 Å². The van der Waals surface area contributed by atoms with Gasteiger partial charge < -0.3 is 15.0 Å². The number of fused-ring (bicyclic) bond motifs is 1. The summed E-state index contributed by atoms with van der Waals surface area (Å²) in [6.45, 7) is 2.37. The minimum absolute atomic E-state index is 0.0151. The van der Waals surface area contributed by atoms with Gasteiger partial charge in [0.05, 0.1) is 18.8 Å². The number of rotatable bonds is 3. The summed E-state index contributed by atoms with van der Waals surface area (Å²) in [5.41, 5.74) is 2.20. The Balaban J connectivity index is 1.65. The molecule has 1 N–H and O–H groups in total. The Kier molecular flexibility index (Phi) is 3.80. The van der Waals surface area contributed by atoms with Crippen LogP contribution >= 0.6 is 0 Å². The van der Waals surface area contributed by atoms with E-state index in [-0.39, 0.29) is 5.91 Å². The van der Waals surface area contributed by atoms with Crippen molar-refractivity contribution in [3.05, 3.63) is 48.7 Å². The number of amides is 1. The molecule has 24 heavy (non-hydrogen) atoms. The summed E-state index contributed by atoms with van der Waals surface area (Å²) in [7, 11) is 0. The van der Waals surface area contributed by atoms with Crippen LogP contribution in [0.25, 0.3) is 5.52 Å². The van der Waals surface area contributed by atoms with Gasteiger partial charge in [0.2, 0.25) is 0 Å². The Morgan fingerprint density at radius 3 is 2.79 bits per heavy atom. The van der Waals surface area contributed by atoms with E-state index in [1.54, 1.807) is 34.1 Å². The number of carbonyl (C=O) groups is 1. The molecular formula is C16H16N6O2. The molecule has 0 saturated carbocycles. The van der Waals surface area contributed by atoms with Gasteiger partial charge in [0.25, 0.3) is 5.91 Å². The quantitative estimate of drug-likeness (QED) is 0.782. The highest BCUT2D eigenvalue weighted by molar-refractivity contribution is 5.96. The van der Waals surface area contributed by atoms with Crippen LogP contribution in [0.2, 0.25) is 0 Å². The number of pyridine rings is 1. The van der Waals surface area contributed by atoms with Crippen molar-refractivity contribution in [2.24, 2.45) is 0 Å². The first kappa shape index (κ1) is 14.6. The third-order valence-electron chi connectivity index (χ3n) is 3.89. The van der Waals surface area contributed by atoms with Crippen molar-refractivity contribution in [1.82, 2.24) is 24.5 Å². The highest BCUT2D eigenvalue weighted by Crippen LogP contribution is 2.21. The fraction of sp³-hybridized carbons (Fsp3) is 0.250. The summed E-state index contributed by atoms with van der Waals surface area (Å²) in [4.78, 5) is 22.7. The van der Waals surface area contributed by atoms with E-state index in [1.165, 1.54) is 6.33 Å². The maximum atomic E-state index is 12.6. The van der Waals surface area contributed by atoms with Gasteiger partial charge in [-0.25, -0.2) is 9.50 Å². The number of aromatic nitrogens is 4. The molecule has 0 aliphatic carbocycles. The number of nitrogens with zero attached hydrogens (tertiary/aromatic N) is 5. The molecule has 0 atom stereocenters. The van der Waals surface area contributed by atoms with Gasteiger partial charge in [-0.3, -0.25) is 9.78 Å². The molecule has 0 radical (unpaired) electrons. The summed E-state index contributed by atoms with van der Waals surface area (Å²) >= 11 is 0. The zero-order valence-electron chi connectivity index (χ0n) is 12.9. The number of nitrogens with one attached hydrogen (secondary N) is 1. The van der Waals surface area contributed by atoms with E-state index in [0.29, 0.717) is 37.7 Å². The second kappa shape index (κ2) is 6.25. The Bertz CT molecular complexity index is 857. The van der Waals surface area contributed by atoms with Crippen LogP contribution in [0.1, 0.15) is 10.4 Å². The predicted molar refractivity (Wildman–Crippen MR) is 87.2 cm³/mol. The van der Waals surface area contributed by atoms with Crippen LogP contribution in [-0.2, 0) is 4.74 Å². The topological polar surface area (TPSA) is 84.7 Å². The first-order chi connectivity index (χ1) is 11.8. The molecule has 1 saturated heterocycles. The predicted octanol–water partition coefficient (Wildman–Crippen LogP) is 1.34. The number of morpholine rings is 1. The Labute approximate surface area is 138 Å². The second-order valence-corrected chi connectivity index (χ2v) is 5.43. The molecule has 122 valence electrons. The normalized spacial score (nSPS) is 14.8. The van der Waals surface area contributed by atoms with Gasteiger partial charge in [-0.1, -0.05) is 0 Å². The summed E-state index contributed by atoms with van der Waals surface area (Å²) in [6.07, 6.45) is 6.59. The molecule has 8 nitrogen and oxygen atoms in total. The maximum absolute atomic E-state index is 12.6. The second-order valence-electron chi connectivity index (χ2n) is 5.43. The molecule has 0 bridgehead atoms. The fourth-order valence-corrected chi connectivity index (χ4v) is 2.66. The molecule has 1 fully saturated rings. The maximum Gasteiger partial charge on any atom is 0.255 e. The smallest absolute Gasteiger partial charge is 0.255 e. The summed E-state index contributed by atoms with van der Waals surface area (Å²) in [6, 6.07) is 5.50. The molecule has 1 aliphatic rings. The molecule has 3 aromatic rings. The molecule has 3 aromatic heterocycles. The van der Waals surface area contributed by atoms with Crippen molar-refractivity contribution in [1.29, 1.82) is 0 Å². The third-order valence-corrected chi connectivity index (χ3v) is 3.89. The lowest BCUT2D eigenvalue weighted by molar-refractivity contribution is 0.0303. The van der Waals surface area contributed by atoms with Crippen molar-refractivity contribution in [2.45, 2.75) is 0 Å². The monoisotopic (exact) mass is 324 g/mol. The van der Waals surface area contributed by atoms with Crippen molar-refractivity contribution in [2.75, 3.05) is 31.6 Å². The SMILES string of the molecule is O=C(c1cc2c(Nc3ccncc3)ncnn2c1)N1CCOCC1.